The third-order valence-corrected chi connectivity index (χ3v) is 5.42. The molecule has 4 heteroatoms. The molecule has 1 heterocycles. The average Bonchev–Trinajstić information content (AvgIpc) is 2.69. The molecule has 1 N–H and O–H groups in total. The Balaban J connectivity index is 1.57. The second-order valence-electron chi connectivity index (χ2n) is 7.04. The van der Waals surface area contributed by atoms with E-state index in [4.69, 9.17) is 0 Å². The Labute approximate surface area is 122 Å². The molecule has 0 radical (unpaired) electrons. The second kappa shape index (κ2) is 5.84. The zero-order valence-corrected chi connectivity index (χ0v) is 13.1. The number of hydrogen-bond donors (Lipinski definition) is 1. The molecule has 0 amide bonds. The lowest BCUT2D eigenvalue weighted by molar-refractivity contribution is 0.225. The zero-order valence-electron chi connectivity index (χ0n) is 13.1. The normalized spacial score (nSPS) is 31.2. The van der Waals surface area contributed by atoms with Gasteiger partial charge in [-0.3, -0.25) is 0 Å². The van der Waals surface area contributed by atoms with E-state index in [-0.39, 0.29) is 0 Å². The van der Waals surface area contributed by atoms with Crippen molar-refractivity contribution in [2.75, 3.05) is 0 Å². The molecule has 2 aliphatic carbocycles. The average molecular weight is 276 g/mol. The standard InChI is InChI=1S/C16H28N4/c1-11-7-8-14(12(2)9-11)17-10-15-18-19-16(20(15)3)13-5-4-6-13/h11-14,17H,4-10H2,1-3H3. The van der Waals surface area contributed by atoms with Gasteiger partial charge in [0.1, 0.15) is 11.6 Å². The molecule has 4 nitrogen and oxygen atoms in total. The molecule has 0 spiro atoms. The van der Waals surface area contributed by atoms with Crippen molar-refractivity contribution in [1.29, 1.82) is 0 Å². The smallest absolute Gasteiger partial charge is 0.146 e. The summed E-state index contributed by atoms with van der Waals surface area (Å²) in [4.78, 5) is 0. The highest BCUT2D eigenvalue weighted by Gasteiger charge is 2.27. The Hall–Kier alpha value is -0.900. The maximum Gasteiger partial charge on any atom is 0.146 e. The predicted molar refractivity (Wildman–Crippen MR) is 80.4 cm³/mol. The van der Waals surface area contributed by atoms with Gasteiger partial charge in [-0.15, -0.1) is 10.2 Å². The monoisotopic (exact) mass is 276 g/mol. The van der Waals surface area contributed by atoms with E-state index in [1.807, 2.05) is 0 Å². The molecule has 0 aromatic carbocycles. The molecule has 3 unspecified atom stereocenters. The van der Waals surface area contributed by atoms with Crippen LogP contribution in [0, 0.1) is 11.8 Å². The van der Waals surface area contributed by atoms with Crippen molar-refractivity contribution in [3.8, 4) is 0 Å². The minimum atomic E-state index is 0.648. The number of hydrogen-bond acceptors (Lipinski definition) is 3. The summed E-state index contributed by atoms with van der Waals surface area (Å²) in [6.45, 7) is 5.61. The highest BCUT2D eigenvalue weighted by molar-refractivity contribution is 5.04. The molecule has 0 saturated heterocycles. The van der Waals surface area contributed by atoms with E-state index in [0.29, 0.717) is 12.0 Å². The first kappa shape index (κ1) is 14.1. The fraction of sp³-hybridized carbons (Fsp3) is 0.875. The van der Waals surface area contributed by atoms with Crippen LogP contribution in [0.4, 0.5) is 0 Å². The molecule has 20 heavy (non-hydrogen) atoms. The van der Waals surface area contributed by atoms with Gasteiger partial charge in [-0.1, -0.05) is 20.3 Å². The van der Waals surface area contributed by atoms with Gasteiger partial charge >= 0.3 is 0 Å². The predicted octanol–water partition coefficient (Wildman–Crippen LogP) is 3.00. The van der Waals surface area contributed by atoms with E-state index in [9.17, 15) is 0 Å². The van der Waals surface area contributed by atoms with Crippen molar-refractivity contribution < 1.29 is 0 Å². The lowest BCUT2D eigenvalue weighted by Crippen LogP contribution is -2.39. The maximum absolute atomic E-state index is 4.41. The van der Waals surface area contributed by atoms with Gasteiger partial charge in [0, 0.05) is 19.0 Å². The third kappa shape index (κ3) is 2.76. The van der Waals surface area contributed by atoms with Gasteiger partial charge < -0.3 is 9.88 Å². The van der Waals surface area contributed by atoms with E-state index in [0.717, 1.165) is 24.2 Å². The molecule has 2 aliphatic rings. The molecule has 3 rings (SSSR count). The van der Waals surface area contributed by atoms with E-state index >= 15 is 0 Å². The Bertz CT molecular complexity index is 449. The van der Waals surface area contributed by atoms with Crippen LogP contribution >= 0.6 is 0 Å². The fourth-order valence-corrected chi connectivity index (χ4v) is 3.74. The van der Waals surface area contributed by atoms with Gasteiger partial charge in [-0.25, -0.2) is 0 Å². The molecule has 0 aliphatic heterocycles. The third-order valence-electron chi connectivity index (χ3n) is 5.42. The van der Waals surface area contributed by atoms with Crippen molar-refractivity contribution in [2.24, 2.45) is 18.9 Å². The van der Waals surface area contributed by atoms with Gasteiger partial charge in [0.2, 0.25) is 0 Å². The summed E-state index contributed by atoms with van der Waals surface area (Å²) in [5.74, 6) is 4.62. The Morgan fingerprint density at radius 1 is 1.15 bits per heavy atom. The van der Waals surface area contributed by atoms with Gasteiger partial charge in [-0.2, -0.15) is 0 Å². The summed E-state index contributed by atoms with van der Waals surface area (Å²) in [5, 5.41) is 12.5. The molecule has 2 fully saturated rings. The lowest BCUT2D eigenvalue weighted by Gasteiger charge is -2.33. The number of nitrogens with one attached hydrogen (secondary N) is 1. The van der Waals surface area contributed by atoms with Gasteiger partial charge in [0.25, 0.3) is 0 Å². The summed E-state index contributed by atoms with van der Waals surface area (Å²) < 4.78 is 2.22. The first-order valence-corrected chi connectivity index (χ1v) is 8.26. The van der Waals surface area contributed by atoms with Crippen molar-refractivity contribution in [3.05, 3.63) is 11.6 Å². The summed E-state index contributed by atoms with van der Waals surface area (Å²) in [5.41, 5.74) is 0. The van der Waals surface area contributed by atoms with Gasteiger partial charge in [-0.05, 0) is 43.9 Å². The first-order chi connectivity index (χ1) is 9.65. The molecule has 0 bridgehead atoms. The van der Waals surface area contributed by atoms with Crippen LogP contribution in [0.2, 0.25) is 0 Å². The van der Waals surface area contributed by atoms with Crippen molar-refractivity contribution in [1.82, 2.24) is 20.1 Å². The van der Waals surface area contributed by atoms with Crippen LogP contribution in [0.25, 0.3) is 0 Å². The SMILES string of the molecule is CC1CCC(NCc2nnc(C3CCC3)n2C)C(C)C1. The quantitative estimate of drug-likeness (QED) is 0.919. The van der Waals surface area contributed by atoms with E-state index in [1.165, 1.54) is 44.3 Å². The summed E-state index contributed by atoms with van der Waals surface area (Å²) in [6, 6.07) is 0.648. The second-order valence-corrected chi connectivity index (χ2v) is 7.04. The number of nitrogens with zero attached hydrogens (tertiary/aromatic N) is 3. The summed E-state index contributed by atoms with van der Waals surface area (Å²) >= 11 is 0. The van der Waals surface area contributed by atoms with Crippen LogP contribution < -0.4 is 5.32 Å². The summed E-state index contributed by atoms with van der Waals surface area (Å²) in [7, 11) is 2.12. The van der Waals surface area contributed by atoms with Crippen LogP contribution in [-0.4, -0.2) is 20.8 Å². The van der Waals surface area contributed by atoms with E-state index < -0.39 is 0 Å². The topological polar surface area (TPSA) is 42.7 Å². The molecule has 2 saturated carbocycles. The molecule has 1 aromatic heterocycles. The molecular formula is C16H28N4. The number of rotatable bonds is 4. The molecular weight excluding hydrogens is 248 g/mol. The molecule has 3 atom stereocenters. The largest absolute Gasteiger partial charge is 0.317 e. The lowest BCUT2D eigenvalue weighted by atomic mass is 9.80. The Kier molecular flexibility index (Phi) is 4.11. The molecule has 1 aromatic rings. The highest BCUT2D eigenvalue weighted by Crippen LogP contribution is 2.35. The Morgan fingerprint density at radius 2 is 1.95 bits per heavy atom. The Morgan fingerprint density at radius 3 is 2.60 bits per heavy atom. The zero-order chi connectivity index (χ0) is 14.1. The van der Waals surface area contributed by atoms with Crippen molar-refractivity contribution in [2.45, 2.75) is 70.9 Å². The van der Waals surface area contributed by atoms with Gasteiger partial charge in [0.15, 0.2) is 0 Å². The first-order valence-electron chi connectivity index (χ1n) is 8.26. The fourth-order valence-electron chi connectivity index (χ4n) is 3.74. The maximum atomic E-state index is 4.41. The van der Waals surface area contributed by atoms with Crippen molar-refractivity contribution in [3.63, 3.8) is 0 Å². The number of aromatic nitrogens is 3. The van der Waals surface area contributed by atoms with E-state index in [2.05, 4.69) is 41.0 Å². The van der Waals surface area contributed by atoms with Crippen LogP contribution in [0.15, 0.2) is 0 Å². The van der Waals surface area contributed by atoms with Crippen molar-refractivity contribution >= 4 is 0 Å². The van der Waals surface area contributed by atoms with Crippen LogP contribution in [0.3, 0.4) is 0 Å². The van der Waals surface area contributed by atoms with Gasteiger partial charge in [0.05, 0.1) is 6.54 Å². The van der Waals surface area contributed by atoms with Crippen LogP contribution in [0.1, 0.15) is 69.9 Å². The van der Waals surface area contributed by atoms with Crippen LogP contribution in [-0.2, 0) is 13.6 Å². The van der Waals surface area contributed by atoms with Crippen LogP contribution in [0.5, 0.6) is 0 Å². The highest BCUT2D eigenvalue weighted by atomic mass is 15.3. The minimum absolute atomic E-state index is 0.648. The molecule has 112 valence electrons. The minimum Gasteiger partial charge on any atom is -0.317 e. The van der Waals surface area contributed by atoms with E-state index in [1.54, 1.807) is 0 Å². The summed E-state index contributed by atoms with van der Waals surface area (Å²) in [6.07, 6.45) is 7.93.